The highest BCUT2D eigenvalue weighted by Gasteiger charge is 2.39. The Morgan fingerprint density at radius 3 is 2.63 bits per heavy atom. The average molecular weight is 431 g/mol. The van der Waals surface area contributed by atoms with Gasteiger partial charge in [-0.3, -0.25) is 0 Å². The number of hydrogen-bond acceptors (Lipinski definition) is 5. The lowest BCUT2D eigenvalue weighted by atomic mass is 9.97. The van der Waals surface area contributed by atoms with E-state index in [9.17, 15) is 18.1 Å². The van der Waals surface area contributed by atoms with E-state index in [-0.39, 0.29) is 22.8 Å². The molecule has 2 aliphatic rings. The Balaban J connectivity index is 1.40. The minimum absolute atomic E-state index is 0.0748. The van der Waals surface area contributed by atoms with Crippen molar-refractivity contribution in [3.63, 3.8) is 0 Å². The maximum absolute atomic E-state index is 13.3. The van der Waals surface area contributed by atoms with Crippen molar-refractivity contribution in [2.75, 3.05) is 19.8 Å². The zero-order valence-electron chi connectivity index (χ0n) is 16.4. The van der Waals surface area contributed by atoms with Crippen LogP contribution in [0.5, 0.6) is 5.75 Å². The number of ether oxygens (including phenoxy) is 2. The number of halogens is 1. The number of hydrogen-bond donors (Lipinski definition) is 1. The summed E-state index contributed by atoms with van der Waals surface area (Å²) in [4.78, 5) is 0. The van der Waals surface area contributed by atoms with E-state index in [4.69, 9.17) is 9.47 Å². The predicted octanol–water partition coefficient (Wildman–Crippen LogP) is 3.23. The Hall–Kier alpha value is -2.47. The highest BCUT2D eigenvalue weighted by atomic mass is 32.2. The summed E-state index contributed by atoms with van der Waals surface area (Å²) in [6.07, 6.45) is 2.09. The van der Waals surface area contributed by atoms with E-state index >= 15 is 0 Å². The molecule has 0 aromatic heterocycles. The fourth-order valence-corrected chi connectivity index (χ4v) is 5.28. The maximum Gasteiger partial charge on any atom is 0.214 e. The Bertz CT molecular complexity index is 1050. The average Bonchev–Trinajstić information content (AvgIpc) is 3.59. The largest absolute Gasteiger partial charge is 0.493 e. The molecule has 1 heterocycles. The molecule has 158 valence electrons. The summed E-state index contributed by atoms with van der Waals surface area (Å²) < 4.78 is 52.2. The van der Waals surface area contributed by atoms with Crippen molar-refractivity contribution in [1.29, 1.82) is 5.26 Å². The van der Waals surface area contributed by atoms with E-state index in [1.165, 1.54) is 12.1 Å². The highest BCUT2D eigenvalue weighted by Crippen LogP contribution is 2.30. The Labute approximate surface area is 175 Å². The quantitative estimate of drug-likeness (QED) is 0.729. The second-order valence-corrected chi connectivity index (χ2v) is 9.72. The molecule has 6 nitrogen and oxygen atoms in total. The number of benzene rings is 2. The second kappa shape index (κ2) is 8.72. The summed E-state index contributed by atoms with van der Waals surface area (Å²) in [7, 11) is -3.26. The van der Waals surface area contributed by atoms with Gasteiger partial charge < -0.3 is 9.47 Å². The fraction of sp³-hybridized carbons (Fsp3) is 0.409. The molecule has 8 heteroatoms. The molecular weight excluding hydrogens is 407 g/mol. The van der Waals surface area contributed by atoms with Gasteiger partial charge in [0.05, 0.1) is 30.1 Å². The molecule has 1 saturated heterocycles. The molecule has 0 radical (unpaired) electrons. The van der Waals surface area contributed by atoms with Crippen LogP contribution in [0.25, 0.3) is 11.1 Å². The van der Waals surface area contributed by atoms with Crippen LogP contribution in [0.15, 0.2) is 42.5 Å². The van der Waals surface area contributed by atoms with Crippen molar-refractivity contribution in [2.45, 2.75) is 30.6 Å². The van der Waals surface area contributed by atoms with Gasteiger partial charge in [0.1, 0.15) is 11.6 Å². The monoisotopic (exact) mass is 430 g/mol. The van der Waals surface area contributed by atoms with Gasteiger partial charge in [0.15, 0.2) is 0 Å². The van der Waals surface area contributed by atoms with E-state index in [2.05, 4.69) is 4.72 Å². The molecule has 0 unspecified atom stereocenters. The van der Waals surface area contributed by atoms with Crippen molar-refractivity contribution in [3.05, 3.63) is 53.8 Å². The van der Waals surface area contributed by atoms with Gasteiger partial charge in [-0.05, 0) is 54.7 Å². The molecule has 4 rings (SSSR count). The standard InChI is InChI=1S/C22H23FN2O4S/c23-18-3-8-21(16(11-18)12-24)15-1-4-19(5-2-15)29-14-17-13-28-10-9-22(17)25-30(26,27)20-6-7-20/h1-5,8,11,17,20,22,25H,6-7,9-10,13-14H2/t17-,22+/m1/s1. The van der Waals surface area contributed by atoms with Crippen LogP contribution in [0.3, 0.4) is 0 Å². The second-order valence-electron chi connectivity index (χ2n) is 7.73. The third kappa shape index (κ3) is 4.81. The normalized spacial score (nSPS) is 21.7. The van der Waals surface area contributed by atoms with E-state index in [0.717, 1.165) is 18.4 Å². The number of rotatable bonds is 7. The molecule has 2 fully saturated rings. The van der Waals surface area contributed by atoms with Crippen LogP contribution in [0, 0.1) is 23.1 Å². The SMILES string of the molecule is N#Cc1cc(F)ccc1-c1ccc(OC[C@H]2COCC[C@@H]2NS(=O)(=O)C2CC2)cc1. The Morgan fingerprint density at radius 1 is 1.17 bits per heavy atom. The van der Waals surface area contributed by atoms with Crippen LogP contribution in [-0.2, 0) is 14.8 Å². The van der Waals surface area contributed by atoms with Crippen LogP contribution < -0.4 is 9.46 Å². The van der Waals surface area contributed by atoms with Gasteiger partial charge in [-0.1, -0.05) is 18.2 Å². The van der Waals surface area contributed by atoms with E-state index in [0.29, 0.717) is 37.6 Å². The van der Waals surface area contributed by atoms with E-state index < -0.39 is 15.8 Å². The summed E-state index contributed by atoms with van der Waals surface area (Å²) in [6, 6.07) is 13.1. The van der Waals surface area contributed by atoms with Gasteiger partial charge in [0.2, 0.25) is 10.0 Å². The smallest absolute Gasteiger partial charge is 0.214 e. The molecule has 1 N–H and O–H groups in total. The summed E-state index contributed by atoms with van der Waals surface area (Å²) in [5.41, 5.74) is 1.71. The number of nitriles is 1. The minimum atomic E-state index is -3.26. The molecule has 1 saturated carbocycles. The van der Waals surface area contributed by atoms with Gasteiger partial charge in [-0.25, -0.2) is 17.5 Å². The number of nitrogens with one attached hydrogen (secondary N) is 1. The molecule has 2 aromatic rings. The van der Waals surface area contributed by atoms with Crippen molar-refractivity contribution < 1.29 is 22.3 Å². The summed E-state index contributed by atoms with van der Waals surface area (Å²) in [5, 5.41) is 8.98. The molecular formula is C22H23FN2O4S. The van der Waals surface area contributed by atoms with Crippen molar-refractivity contribution in [2.24, 2.45) is 5.92 Å². The number of sulfonamides is 1. The fourth-order valence-electron chi connectivity index (χ4n) is 3.60. The first-order valence-electron chi connectivity index (χ1n) is 9.98. The summed E-state index contributed by atoms with van der Waals surface area (Å²) in [6.45, 7) is 1.30. The lowest BCUT2D eigenvalue weighted by Gasteiger charge is -2.31. The molecule has 2 atom stereocenters. The van der Waals surface area contributed by atoms with Crippen LogP contribution >= 0.6 is 0 Å². The van der Waals surface area contributed by atoms with Crippen LogP contribution in [0.4, 0.5) is 4.39 Å². The van der Waals surface area contributed by atoms with Gasteiger partial charge >= 0.3 is 0 Å². The van der Waals surface area contributed by atoms with Crippen LogP contribution in [0.2, 0.25) is 0 Å². The molecule has 0 amide bonds. The summed E-state index contributed by atoms with van der Waals surface area (Å²) in [5.74, 6) is 0.111. The van der Waals surface area contributed by atoms with E-state index in [1.54, 1.807) is 18.2 Å². The zero-order chi connectivity index (χ0) is 21.1. The lowest BCUT2D eigenvalue weighted by molar-refractivity contribution is 0.0186. The molecule has 1 aliphatic carbocycles. The van der Waals surface area contributed by atoms with Crippen molar-refractivity contribution in [3.8, 4) is 22.9 Å². The molecule has 30 heavy (non-hydrogen) atoms. The molecule has 0 spiro atoms. The molecule has 2 aromatic carbocycles. The highest BCUT2D eigenvalue weighted by molar-refractivity contribution is 7.90. The first-order chi connectivity index (χ1) is 14.5. The maximum atomic E-state index is 13.3. The van der Waals surface area contributed by atoms with E-state index in [1.807, 2.05) is 18.2 Å². The van der Waals surface area contributed by atoms with Gasteiger partial charge in [-0.15, -0.1) is 0 Å². The Kier molecular flexibility index (Phi) is 6.04. The minimum Gasteiger partial charge on any atom is -0.493 e. The van der Waals surface area contributed by atoms with Gasteiger partial charge in [0, 0.05) is 18.6 Å². The van der Waals surface area contributed by atoms with Gasteiger partial charge in [-0.2, -0.15) is 5.26 Å². The first-order valence-corrected chi connectivity index (χ1v) is 11.5. The molecule has 0 bridgehead atoms. The van der Waals surface area contributed by atoms with Gasteiger partial charge in [0.25, 0.3) is 0 Å². The van der Waals surface area contributed by atoms with Crippen LogP contribution in [-0.4, -0.2) is 39.5 Å². The zero-order valence-corrected chi connectivity index (χ0v) is 17.2. The summed E-state index contributed by atoms with van der Waals surface area (Å²) >= 11 is 0. The van der Waals surface area contributed by atoms with Crippen molar-refractivity contribution in [1.82, 2.24) is 4.72 Å². The predicted molar refractivity (Wildman–Crippen MR) is 110 cm³/mol. The first kappa shape index (κ1) is 20.8. The van der Waals surface area contributed by atoms with Crippen LogP contribution in [0.1, 0.15) is 24.8 Å². The third-order valence-electron chi connectivity index (χ3n) is 5.48. The Morgan fingerprint density at radius 2 is 1.93 bits per heavy atom. The number of nitrogens with zero attached hydrogens (tertiary/aromatic N) is 1. The lowest BCUT2D eigenvalue weighted by Crippen LogP contribution is -2.48. The third-order valence-corrected chi connectivity index (χ3v) is 7.46. The topological polar surface area (TPSA) is 88.4 Å². The van der Waals surface area contributed by atoms with Crippen molar-refractivity contribution >= 4 is 10.0 Å². The molecule has 1 aliphatic heterocycles.